The zero-order valence-electron chi connectivity index (χ0n) is 10.9. The Morgan fingerprint density at radius 3 is 2.95 bits per heavy atom. The molecule has 0 fully saturated rings. The Bertz CT molecular complexity index is 665. The van der Waals surface area contributed by atoms with Gasteiger partial charge in [-0.05, 0) is 36.2 Å². The lowest BCUT2D eigenvalue weighted by atomic mass is 10.2. The van der Waals surface area contributed by atoms with E-state index < -0.39 is 11.3 Å². The van der Waals surface area contributed by atoms with Crippen molar-refractivity contribution >= 4 is 28.6 Å². The Balaban J connectivity index is 1.81. The van der Waals surface area contributed by atoms with E-state index in [9.17, 15) is 3.89 Å². The molecular formula is C14H13ClFN3S. The molecular weight excluding hydrogens is 297 g/mol. The van der Waals surface area contributed by atoms with Crippen LogP contribution in [0.3, 0.4) is 0 Å². The quantitative estimate of drug-likeness (QED) is 0.828. The fraction of sp³-hybridized carbons (Fsp3) is 0.214. The van der Waals surface area contributed by atoms with Crippen LogP contribution in [0.25, 0.3) is 0 Å². The summed E-state index contributed by atoms with van der Waals surface area (Å²) in [6.45, 7) is 2.95. The third kappa shape index (κ3) is 2.75. The molecule has 1 aliphatic rings. The van der Waals surface area contributed by atoms with Crippen molar-refractivity contribution in [1.82, 2.24) is 9.29 Å². The second-order valence-corrected chi connectivity index (χ2v) is 6.20. The Kier molecular flexibility index (Phi) is 3.83. The Morgan fingerprint density at radius 1 is 1.35 bits per heavy atom. The van der Waals surface area contributed by atoms with E-state index in [1.54, 1.807) is 22.6 Å². The number of benzene rings is 1. The molecule has 1 aromatic heterocycles. The molecule has 0 aliphatic carbocycles. The molecule has 3 nitrogen and oxygen atoms in total. The number of rotatable bonds is 2. The highest BCUT2D eigenvalue weighted by Crippen LogP contribution is 2.27. The van der Waals surface area contributed by atoms with Gasteiger partial charge in [0.05, 0.1) is 17.9 Å². The largest absolute Gasteiger partial charge is 0.260 e. The summed E-state index contributed by atoms with van der Waals surface area (Å²) >= 11 is 4.35. The van der Waals surface area contributed by atoms with E-state index in [1.807, 2.05) is 25.1 Å². The van der Waals surface area contributed by atoms with Crippen LogP contribution in [0.1, 0.15) is 16.8 Å². The summed E-state index contributed by atoms with van der Waals surface area (Å²) in [7, 11) is 0. The molecule has 6 heteroatoms. The first-order valence-electron chi connectivity index (χ1n) is 6.20. The van der Waals surface area contributed by atoms with Crippen LogP contribution in [-0.2, 0) is 24.4 Å². The molecule has 1 atom stereocenters. The van der Waals surface area contributed by atoms with Gasteiger partial charge in [0.25, 0.3) is 0 Å². The van der Waals surface area contributed by atoms with Crippen LogP contribution in [-0.4, -0.2) is 9.29 Å². The zero-order valence-corrected chi connectivity index (χ0v) is 12.5. The third-order valence-electron chi connectivity index (χ3n) is 3.21. The topological polar surface area (TPSA) is 28.5 Å². The van der Waals surface area contributed by atoms with Crippen molar-refractivity contribution in [2.24, 2.45) is 4.36 Å². The van der Waals surface area contributed by atoms with Gasteiger partial charge in [-0.1, -0.05) is 23.7 Å². The second kappa shape index (κ2) is 5.60. The molecule has 3 rings (SSSR count). The van der Waals surface area contributed by atoms with Crippen molar-refractivity contribution in [2.75, 3.05) is 0 Å². The van der Waals surface area contributed by atoms with Crippen LogP contribution in [0.2, 0.25) is 5.02 Å². The molecule has 2 heterocycles. The number of pyridine rings is 1. The minimum Gasteiger partial charge on any atom is -0.260 e. The molecule has 0 amide bonds. The standard InChI is InChI=1S/C14H13ClFN3S/c1-10-4-5-12(7-13(10)15)18-20(16)19-8-11-3-2-6-17-14(11)9-19/h2-7H,8-9H2,1H3. The number of aromatic nitrogens is 1. The zero-order chi connectivity index (χ0) is 14.1. The number of fused-ring (bicyclic) bond motifs is 1. The lowest BCUT2D eigenvalue weighted by Crippen LogP contribution is -2.15. The fourth-order valence-corrected chi connectivity index (χ4v) is 3.11. The first kappa shape index (κ1) is 13.7. The molecule has 1 aromatic carbocycles. The summed E-state index contributed by atoms with van der Waals surface area (Å²) in [4.78, 5) is 4.26. The van der Waals surface area contributed by atoms with E-state index in [-0.39, 0.29) is 0 Å². The molecule has 0 bridgehead atoms. The van der Waals surface area contributed by atoms with Gasteiger partial charge in [-0.15, -0.1) is 3.89 Å². The minimum atomic E-state index is -1.68. The molecule has 0 saturated heterocycles. The summed E-state index contributed by atoms with van der Waals surface area (Å²) in [5.41, 5.74) is 3.53. The Morgan fingerprint density at radius 2 is 2.20 bits per heavy atom. The Hall–Kier alpha value is -1.30. The van der Waals surface area contributed by atoms with Crippen molar-refractivity contribution in [3.63, 3.8) is 0 Å². The first-order valence-corrected chi connectivity index (χ1v) is 7.61. The van der Waals surface area contributed by atoms with Gasteiger partial charge >= 0.3 is 0 Å². The molecule has 1 aliphatic heterocycles. The van der Waals surface area contributed by atoms with Crippen LogP contribution in [0.15, 0.2) is 40.9 Å². The molecule has 104 valence electrons. The van der Waals surface area contributed by atoms with Gasteiger partial charge in [0, 0.05) is 17.8 Å². The highest BCUT2D eigenvalue weighted by molar-refractivity contribution is 7.79. The van der Waals surface area contributed by atoms with Gasteiger partial charge in [-0.2, -0.15) is 4.36 Å². The lowest BCUT2D eigenvalue weighted by molar-refractivity contribution is 0.479. The van der Waals surface area contributed by atoms with Crippen molar-refractivity contribution in [3.8, 4) is 0 Å². The summed E-state index contributed by atoms with van der Waals surface area (Å²) < 4.78 is 20.1. The average molecular weight is 310 g/mol. The van der Waals surface area contributed by atoms with Crippen LogP contribution >= 0.6 is 11.6 Å². The highest BCUT2D eigenvalue weighted by Gasteiger charge is 2.23. The normalized spacial score (nSPS) is 16.4. The number of halogens is 2. The van der Waals surface area contributed by atoms with E-state index in [0.29, 0.717) is 23.8 Å². The summed E-state index contributed by atoms with van der Waals surface area (Å²) in [6.07, 6.45) is 1.73. The number of hydrogen-bond acceptors (Lipinski definition) is 2. The van der Waals surface area contributed by atoms with E-state index in [2.05, 4.69) is 9.35 Å². The van der Waals surface area contributed by atoms with Crippen molar-refractivity contribution in [1.29, 1.82) is 0 Å². The van der Waals surface area contributed by atoms with Crippen molar-refractivity contribution < 1.29 is 3.89 Å². The number of hydrogen-bond donors (Lipinski definition) is 0. The molecule has 1 unspecified atom stereocenters. The minimum absolute atomic E-state index is 0.499. The van der Waals surface area contributed by atoms with Gasteiger partial charge in [-0.3, -0.25) is 4.98 Å². The van der Waals surface area contributed by atoms with Gasteiger partial charge in [0.2, 0.25) is 0 Å². The van der Waals surface area contributed by atoms with Gasteiger partial charge in [0.15, 0.2) is 11.3 Å². The summed E-state index contributed by atoms with van der Waals surface area (Å²) in [5.74, 6) is 0. The predicted molar refractivity (Wildman–Crippen MR) is 80.2 cm³/mol. The van der Waals surface area contributed by atoms with E-state index in [4.69, 9.17) is 11.6 Å². The summed E-state index contributed by atoms with van der Waals surface area (Å²) in [5, 5.41) is 0.606. The monoisotopic (exact) mass is 309 g/mol. The van der Waals surface area contributed by atoms with Crippen LogP contribution in [0.5, 0.6) is 0 Å². The smallest absolute Gasteiger partial charge is 0.161 e. The van der Waals surface area contributed by atoms with Crippen LogP contribution in [0, 0.1) is 6.92 Å². The third-order valence-corrected chi connectivity index (χ3v) is 4.66. The predicted octanol–water partition coefficient (Wildman–Crippen LogP) is 4.29. The van der Waals surface area contributed by atoms with Crippen LogP contribution in [0.4, 0.5) is 9.57 Å². The maximum atomic E-state index is 14.3. The lowest BCUT2D eigenvalue weighted by Gasteiger charge is -2.10. The van der Waals surface area contributed by atoms with E-state index in [0.717, 1.165) is 16.8 Å². The fourth-order valence-electron chi connectivity index (χ4n) is 2.06. The maximum Gasteiger partial charge on any atom is 0.161 e. The van der Waals surface area contributed by atoms with Crippen molar-refractivity contribution in [3.05, 3.63) is 58.4 Å². The van der Waals surface area contributed by atoms with Gasteiger partial charge in [-0.25, -0.2) is 4.31 Å². The molecule has 0 N–H and O–H groups in total. The molecule has 0 saturated carbocycles. The molecule has 0 radical (unpaired) electrons. The SMILES string of the molecule is Cc1ccc(N=S(F)N2Cc3cccnc3C2)cc1Cl. The maximum absolute atomic E-state index is 14.3. The van der Waals surface area contributed by atoms with Gasteiger partial charge in [0.1, 0.15) is 0 Å². The van der Waals surface area contributed by atoms with E-state index >= 15 is 0 Å². The molecule has 20 heavy (non-hydrogen) atoms. The first-order chi connectivity index (χ1) is 9.63. The summed E-state index contributed by atoms with van der Waals surface area (Å²) in [6, 6.07) is 9.16. The molecule has 0 spiro atoms. The number of nitrogens with zero attached hydrogens (tertiary/aromatic N) is 3. The second-order valence-electron chi connectivity index (χ2n) is 4.65. The Labute approximate surface area is 124 Å². The van der Waals surface area contributed by atoms with Crippen molar-refractivity contribution in [2.45, 2.75) is 20.0 Å². The van der Waals surface area contributed by atoms with Gasteiger partial charge < -0.3 is 0 Å². The average Bonchev–Trinajstić information content (AvgIpc) is 2.87. The molecule has 2 aromatic rings. The van der Waals surface area contributed by atoms with Crippen LogP contribution < -0.4 is 0 Å². The highest BCUT2D eigenvalue weighted by atomic mass is 35.5. The number of aryl methyl sites for hydroxylation is 1. The van der Waals surface area contributed by atoms with E-state index in [1.165, 1.54) is 0 Å².